The van der Waals surface area contributed by atoms with Gasteiger partial charge in [0.2, 0.25) is 4.96 Å². The summed E-state index contributed by atoms with van der Waals surface area (Å²) in [5.74, 6) is 2.46. The summed E-state index contributed by atoms with van der Waals surface area (Å²) in [4.78, 5) is 0.809. The number of aromatic nitrogens is 4. The van der Waals surface area contributed by atoms with Crippen molar-refractivity contribution in [3.05, 3.63) is 35.1 Å². The lowest BCUT2D eigenvalue weighted by Crippen LogP contribution is -2.21. The van der Waals surface area contributed by atoms with Crippen LogP contribution in [0.4, 0.5) is 0 Å². The second kappa shape index (κ2) is 5.57. The van der Waals surface area contributed by atoms with Crippen molar-refractivity contribution in [2.45, 2.75) is 32.3 Å². The molecule has 1 aliphatic rings. The maximum absolute atomic E-state index is 6.00. The standard InChI is InChI=1S/C15H16N4O2S/c1-2-3-8-13-16-17-15-19(13)18-14(22-15)12-9-20-10-6-4-5-7-11(10)21-12/h4-7,12H,2-3,8-9H2,1H3/t12-/m0/s1. The molecule has 0 saturated heterocycles. The van der Waals surface area contributed by atoms with Crippen LogP contribution in [0.1, 0.15) is 36.7 Å². The molecule has 1 atom stereocenters. The Morgan fingerprint density at radius 2 is 2.14 bits per heavy atom. The molecule has 22 heavy (non-hydrogen) atoms. The number of ether oxygens (including phenoxy) is 2. The lowest BCUT2D eigenvalue weighted by molar-refractivity contribution is 0.0904. The van der Waals surface area contributed by atoms with Gasteiger partial charge in [-0.3, -0.25) is 0 Å². The van der Waals surface area contributed by atoms with Gasteiger partial charge in [0.15, 0.2) is 28.4 Å². The molecule has 0 amide bonds. The highest BCUT2D eigenvalue weighted by Gasteiger charge is 2.26. The second-order valence-electron chi connectivity index (χ2n) is 5.22. The minimum Gasteiger partial charge on any atom is -0.485 e. The van der Waals surface area contributed by atoms with Gasteiger partial charge < -0.3 is 9.47 Å². The van der Waals surface area contributed by atoms with E-state index in [1.807, 2.05) is 28.8 Å². The molecule has 0 radical (unpaired) electrons. The first-order valence-corrected chi connectivity index (χ1v) is 8.26. The van der Waals surface area contributed by atoms with E-state index in [2.05, 4.69) is 22.2 Å². The molecular formula is C15H16N4O2S. The number of hydrogen-bond donors (Lipinski definition) is 0. The quantitative estimate of drug-likeness (QED) is 0.740. The Morgan fingerprint density at radius 3 is 3.00 bits per heavy atom. The average molecular weight is 316 g/mol. The molecule has 1 aromatic carbocycles. The van der Waals surface area contributed by atoms with Gasteiger partial charge in [0.25, 0.3) is 0 Å². The summed E-state index contributed by atoms with van der Waals surface area (Å²) in [5.41, 5.74) is 0. The molecule has 0 aliphatic carbocycles. The fraction of sp³-hybridized carbons (Fsp3) is 0.400. The van der Waals surface area contributed by atoms with Crippen molar-refractivity contribution in [2.24, 2.45) is 0 Å². The number of unbranched alkanes of at least 4 members (excludes halogenated alkanes) is 1. The van der Waals surface area contributed by atoms with Gasteiger partial charge in [-0.1, -0.05) is 36.8 Å². The van der Waals surface area contributed by atoms with Crippen molar-refractivity contribution < 1.29 is 9.47 Å². The predicted molar refractivity (Wildman–Crippen MR) is 82.6 cm³/mol. The molecule has 114 valence electrons. The van der Waals surface area contributed by atoms with E-state index in [0.29, 0.717) is 6.61 Å². The van der Waals surface area contributed by atoms with E-state index in [-0.39, 0.29) is 6.10 Å². The van der Waals surface area contributed by atoms with Gasteiger partial charge in [0, 0.05) is 6.42 Å². The highest BCUT2D eigenvalue weighted by Crippen LogP contribution is 2.36. The molecule has 7 heteroatoms. The van der Waals surface area contributed by atoms with Crippen LogP contribution in [-0.4, -0.2) is 26.4 Å². The topological polar surface area (TPSA) is 61.5 Å². The maximum Gasteiger partial charge on any atom is 0.234 e. The van der Waals surface area contributed by atoms with Crippen molar-refractivity contribution in [1.82, 2.24) is 19.8 Å². The Kier molecular flexibility index (Phi) is 3.42. The van der Waals surface area contributed by atoms with Crippen molar-refractivity contribution in [1.29, 1.82) is 0 Å². The van der Waals surface area contributed by atoms with E-state index >= 15 is 0 Å². The molecule has 0 saturated carbocycles. The minimum atomic E-state index is -0.194. The van der Waals surface area contributed by atoms with Crippen LogP contribution in [0.25, 0.3) is 4.96 Å². The Hall–Kier alpha value is -2.15. The summed E-state index contributed by atoms with van der Waals surface area (Å²) in [7, 11) is 0. The lowest BCUT2D eigenvalue weighted by Gasteiger charge is -2.24. The molecule has 0 bridgehead atoms. The summed E-state index contributed by atoms with van der Waals surface area (Å²) in [6, 6.07) is 7.69. The third kappa shape index (κ3) is 2.31. The number of aryl methyl sites for hydroxylation is 1. The van der Waals surface area contributed by atoms with Crippen LogP contribution < -0.4 is 9.47 Å². The molecule has 3 heterocycles. The van der Waals surface area contributed by atoms with E-state index in [4.69, 9.17) is 9.47 Å². The number of para-hydroxylation sites is 2. The number of fused-ring (bicyclic) bond motifs is 2. The van der Waals surface area contributed by atoms with Gasteiger partial charge in [0.05, 0.1) is 0 Å². The zero-order chi connectivity index (χ0) is 14.9. The molecule has 0 fully saturated rings. The molecular weight excluding hydrogens is 300 g/mol. The number of benzene rings is 1. The van der Waals surface area contributed by atoms with E-state index in [0.717, 1.165) is 46.6 Å². The first-order valence-electron chi connectivity index (χ1n) is 7.44. The molecule has 2 aromatic heterocycles. The maximum atomic E-state index is 6.00. The Bertz CT molecular complexity index is 798. The Balaban J connectivity index is 1.61. The molecule has 0 spiro atoms. The summed E-state index contributed by atoms with van der Waals surface area (Å²) in [6.45, 7) is 2.63. The molecule has 0 unspecified atom stereocenters. The first-order chi connectivity index (χ1) is 10.8. The van der Waals surface area contributed by atoms with Gasteiger partial charge in [0.1, 0.15) is 6.61 Å². The van der Waals surface area contributed by atoms with Gasteiger partial charge in [-0.05, 0) is 18.6 Å². The van der Waals surface area contributed by atoms with Crippen LogP contribution in [0.15, 0.2) is 24.3 Å². The van der Waals surface area contributed by atoms with Crippen LogP contribution in [0.5, 0.6) is 11.5 Å². The zero-order valence-electron chi connectivity index (χ0n) is 12.2. The van der Waals surface area contributed by atoms with E-state index in [9.17, 15) is 0 Å². The highest BCUT2D eigenvalue weighted by atomic mass is 32.1. The number of rotatable bonds is 4. The van der Waals surface area contributed by atoms with E-state index in [1.54, 1.807) is 0 Å². The van der Waals surface area contributed by atoms with Crippen LogP contribution in [0, 0.1) is 0 Å². The summed E-state index contributed by atoms with van der Waals surface area (Å²) >= 11 is 1.51. The van der Waals surface area contributed by atoms with Crippen LogP contribution in [0.3, 0.4) is 0 Å². The van der Waals surface area contributed by atoms with Crippen LogP contribution >= 0.6 is 11.3 Å². The fourth-order valence-corrected chi connectivity index (χ4v) is 3.31. The minimum absolute atomic E-state index is 0.194. The van der Waals surface area contributed by atoms with E-state index < -0.39 is 0 Å². The van der Waals surface area contributed by atoms with Crippen molar-refractivity contribution in [3.8, 4) is 11.5 Å². The number of hydrogen-bond acceptors (Lipinski definition) is 6. The molecule has 1 aliphatic heterocycles. The highest BCUT2D eigenvalue weighted by molar-refractivity contribution is 7.16. The van der Waals surface area contributed by atoms with Crippen molar-refractivity contribution >= 4 is 16.3 Å². The van der Waals surface area contributed by atoms with Crippen LogP contribution in [0.2, 0.25) is 0 Å². The van der Waals surface area contributed by atoms with Crippen molar-refractivity contribution in [2.75, 3.05) is 6.61 Å². The summed E-state index contributed by atoms with van der Waals surface area (Å²) in [6.07, 6.45) is 2.92. The average Bonchev–Trinajstić information content (AvgIpc) is 3.13. The largest absolute Gasteiger partial charge is 0.485 e. The summed E-state index contributed by atoms with van der Waals surface area (Å²) < 4.78 is 13.6. The number of nitrogens with zero attached hydrogens (tertiary/aromatic N) is 4. The monoisotopic (exact) mass is 316 g/mol. The molecule has 3 aromatic rings. The zero-order valence-corrected chi connectivity index (χ0v) is 13.0. The van der Waals surface area contributed by atoms with E-state index in [1.165, 1.54) is 11.3 Å². The molecule has 0 N–H and O–H groups in total. The van der Waals surface area contributed by atoms with Gasteiger partial charge >= 0.3 is 0 Å². The fourth-order valence-electron chi connectivity index (χ4n) is 2.43. The summed E-state index contributed by atoms with van der Waals surface area (Å²) in [5, 5.41) is 13.9. The predicted octanol–water partition coefficient (Wildman–Crippen LogP) is 3.04. The second-order valence-corrected chi connectivity index (χ2v) is 6.21. The molecule has 6 nitrogen and oxygen atoms in total. The van der Waals surface area contributed by atoms with Gasteiger partial charge in [-0.2, -0.15) is 9.61 Å². The van der Waals surface area contributed by atoms with Crippen molar-refractivity contribution in [3.63, 3.8) is 0 Å². The van der Waals surface area contributed by atoms with Gasteiger partial charge in [-0.25, -0.2) is 0 Å². The Morgan fingerprint density at radius 1 is 1.27 bits per heavy atom. The third-order valence-corrected chi connectivity index (χ3v) is 4.60. The lowest BCUT2D eigenvalue weighted by atomic mass is 10.2. The first kappa shape index (κ1) is 13.5. The molecule has 4 rings (SSSR count). The van der Waals surface area contributed by atoms with Crippen LogP contribution in [-0.2, 0) is 6.42 Å². The smallest absolute Gasteiger partial charge is 0.234 e. The normalized spacial score (nSPS) is 17.0. The Labute approximate surface area is 131 Å². The SMILES string of the molecule is CCCCc1nnc2sc([C@@H]3COc4ccccc4O3)nn12. The van der Waals surface area contributed by atoms with Gasteiger partial charge in [-0.15, -0.1) is 10.2 Å². The third-order valence-electron chi connectivity index (χ3n) is 3.61.